The highest BCUT2D eigenvalue weighted by Crippen LogP contribution is 2.33. The summed E-state index contributed by atoms with van der Waals surface area (Å²) in [6.45, 7) is 4.89. The minimum absolute atomic E-state index is 0.200. The average molecular weight is 293 g/mol. The van der Waals surface area contributed by atoms with Crippen LogP contribution in [-0.2, 0) is 0 Å². The van der Waals surface area contributed by atoms with Crippen LogP contribution in [0.1, 0.15) is 28.4 Å². The third kappa shape index (κ3) is 2.99. The molecular weight excluding hydrogens is 279 g/mol. The summed E-state index contributed by atoms with van der Waals surface area (Å²) < 4.78 is 19.3. The standard InChI is InChI=1S/C16H14ClFO2/c1-9-4-5-13(17)16(6-9)20-15-7-10(2)14(18)8-12(15)11(3)19/h4-8H,1-3H3. The van der Waals surface area contributed by atoms with Crippen LogP contribution in [-0.4, -0.2) is 5.78 Å². The van der Waals surface area contributed by atoms with E-state index in [1.165, 1.54) is 19.1 Å². The molecule has 2 aromatic carbocycles. The molecule has 0 heterocycles. The second-order valence-corrected chi connectivity index (χ2v) is 5.10. The molecular formula is C16H14ClFO2. The van der Waals surface area contributed by atoms with Crippen LogP contribution in [0, 0.1) is 19.7 Å². The third-order valence-corrected chi connectivity index (χ3v) is 3.26. The summed E-state index contributed by atoms with van der Waals surface area (Å²) in [5.41, 5.74) is 1.59. The lowest BCUT2D eigenvalue weighted by molar-refractivity contribution is 0.101. The van der Waals surface area contributed by atoms with Crippen molar-refractivity contribution in [3.63, 3.8) is 0 Å². The molecule has 0 aliphatic rings. The van der Waals surface area contributed by atoms with Gasteiger partial charge in [-0.25, -0.2) is 4.39 Å². The third-order valence-electron chi connectivity index (χ3n) is 2.95. The Morgan fingerprint density at radius 3 is 2.50 bits per heavy atom. The highest BCUT2D eigenvalue weighted by molar-refractivity contribution is 6.32. The normalized spacial score (nSPS) is 10.4. The number of carbonyl (C=O) groups is 1. The smallest absolute Gasteiger partial charge is 0.163 e. The van der Waals surface area contributed by atoms with E-state index in [1.54, 1.807) is 19.1 Å². The number of hydrogen-bond acceptors (Lipinski definition) is 2. The summed E-state index contributed by atoms with van der Waals surface area (Å²) >= 11 is 6.07. The van der Waals surface area contributed by atoms with Crippen LogP contribution < -0.4 is 4.74 Å². The van der Waals surface area contributed by atoms with Gasteiger partial charge in [0.05, 0.1) is 10.6 Å². The largest absolute Gasteiger partial charge is 0.455 e. The number of rotatable bonds is 3. The minimum atomic E-state index is -0.433. The molecule has 0 unspecified atom stereocenters. The van der Waals surface area contributed by atoms with Gasteiger partial charge in [-0.15, -0.1) is 0 Å². The highest BCUT2D eigenvalue weighted by atomic mass is 35.5. The van der Waals surface area contributed by atoms with Crippen LogP contribution in [0.15, 0.2) is 30.3 Å². The van der Waals surface area contributed by atoms with E-state index >= 15 is 0 Å². The van der Waals surface area contributed by atoms with Crippen LogP contribution >= 0.6 is 11.6 Å². The molecule has 2 rings (SSSR count). The molecule has 4 heteroatoms. The SMILES string of the molecule is CC(=O)c1cc(F)c(C)cc1Oc1cc(C)ccc1Cl. The van der Waals surface area contributed by atoms with Crippen molar-refractivity contribution in [1.29, 1.82) is 0 Å². The second-order valence-electron chi connectivity index (χ2n) is 4.69. The van der Waals surface area contributed by atoms with Gasteiger partial charge in [0.25, 0.3) is 0 Å². The minimum Gasteiger partial charge on any atom is -0.455 e. The zero-order chi connectivity index (χ0) is 14.9. The topological polar surface area (TPSA) is 26.3 Å². The van der Waals surface area contributed by atoms with Crippen molar-refractivity contribution in [2.75, 3.05) is 0 Å². The quantitative estimate of drug-likeness (QED) is 0.736. The van der Waals surface area contributed by atoms with Gasteiger partial charge in [0, 0.05) is 0 Å². The van der Waals surface area contributed by atoms with Crippen molar-refractivity contribution in [3.8, 4) is 11.5 Å². The lowest BCUT2D eigenvalue weighted by atomic mass is 10.1. The van der Waals surface area contributed by atoms with Crippen molar-refractivity contribution in [2.45, 2.75) is 20.8 Å². The van der Waals surface area contributed by atoms with Crippen LogP contribution in [0.4, 0.5) is 4.39 Å². The predicted molar refractivity (Wildman–Crippen MR) is 77.4 cm³/mol. The van der Waals surface area contributed by atoms with E-state index in [0.717, 1.165) is 5.56 Å². The number of aryl methyl sites for hydroxylation is 2. The second kappa shape index (κ2) is 5.63. The summed E-state index contributed by atoms with van der Waals surface area (Å²) in [5, 5.41) is 0.437. The molecule has 0 spiro atoms. The van der Waals surface area contributed by atoms with Crippen molar-refractivity contribution in [1.82, 2.24) is 0 Å². The van der Waals surface area contributed by atoms with Gasteiger partial charge in [-0.1, -0.05) is 17.7 Å². The van der Waals surface area contributed by atoms with Gasteiger partial charge in [0.2, 0.25) is 0 Å². The lowest BCUT2D eigenvalue weighted by Gasteiger charge is -2.12. The molecule has 2 nitrogen and oxygen atoms in total. The first kappa shape index (κ1) is 14.5. The summed E-state index contributed by atoms with van der Waals surface area (Å²) in [6.07, 6.45) is 0. The van der Waals surface area contributed by atoms with Crippen molar-refractivity contribution >= 4 is 17.4 Å². The molecule has 0 saturated heterocycles. The van der Waals surface area contributed by atoms with E-state index in [9.17, 15) is 9.18 Å². The Kier molecular flexibility index (Phi) is 4.09. The fourth-order valence-corrected chi connectivity index (χ4v) is 1.98. The first-order chi connectivity index (χ1) is 9.38. The highest BCUT2D eigenvalue weighted by Gasteiger charge is 2.14. The van der Waals surface area contributed by atoms with E-state index in [4.69, 9.17) is 16.3 Å². The van der Waals surface area contributed by atoms with E-state index in [0.29, 0.717) is 22.1 Å². The Balaban J connectivity index is 2.50. The number of Topliss-reactive ketones (excluding diaryl/α,β-unsaturated/α-hetero) is 1. The maximum absolute atomic E-state index is 13.6. The fourth-order valence-electron chi connectivity index (χ4n) is 1.82. The number of ketones is 1. The molecule has 104 valence electrons. The Labute approximate surface area is 122 Å². The van der Waals surface area contributed by atoms with Crippen LogP contribution in [0.3, 0.4) is 0 Å². The van der Waals surface area contributed by atoms with E-state index in [2.05, 4.69) is 0 Å². The number of hydrogen-bond donors (Lipinski definition) is 0. The summed E-state index contributed by atoms with van der Waals surface area (Å²) in [6, 6.07) is 8.04. The monoisotopic (exact) mass is 292 g/mol. The van der Waals surface area contributed by atoms with E-state index < -0.39 is 5.82 Å². The molecule has 0 radical (unpaired) electrons. The lowest BCUT2D eigenvalue weighted by Crippen LogP contribution is -2.00. The Hall–Kier alpha value is -1.87. The number of halogens is 2. The molecule has 0 saturated carbocycles. The molecule has 20 heavy (non-hydrogen) atoms. The molecule has 0 amide bonds. The van der Waals surface area contributed by atoms with Gasteiger partial charge < -0.3 is 4.74 Å². The van der Waals surface area contributed by atoms with Gasteiger partial charge in [0.1, 0.15) is 17.3 Å². The van der Waals surface area contributed by atoms with Crippen molar-refractivity contribution < 1.29 is 13.9 Å². The van der Waals surface area contributed by atoms with E-state index in [-0.39, 0.29) is 11.3 Å². The number of carbonyl (C=O) groups excluding carboxylic acids is 1. The molecule has 0 N–H and O–H groups in total. The molecule has 0 bridgehead atoms. The zero-order valence-corrected chi connectivity index (χ0v) is 12.2. The van der Waals surface area contributed by atoms with Crippen LogP contribution in [0.5, 0.6) is 11.5 Å². The Morgan fingerprint density at radius 1 is 1.15 bits per heavy atom. The molecule has 0 atom stereocenters. The number of ether oxygens (including phenoxy) is 1. The predicted octanol–water partition coefficient (Wildman–Crippen LogP) is 5.09. The summed E-state index contributed by atoms with van der Waals surface area (Å²) in [5.74, 6) is 0.0599. The maximum atomic E-state index is 13.6. The first-order valence-electron chi connectivity index (χ1n) is 6.13. The van der Waals surface area contributed by atoms with Gasteiger partial charge in [0.15, 0.2) is 5.78 Å². The molecule has 0 fully saturated rings. The van der Waals surface area contributed by atoms with E-state index in [1.807, 2.05) is 13.0 Å². The zero-order valence-electron chi connectivity index (χ0n) is 11.5. The van der Waals surface area contributed by atoms with Crippen LogP contribution in [0.2, 0.25) is 5.02 Å². The molecule has 0 aliphatic heterocycles. The molecule has 0 aromatic heterocycles. The fraction of sp³-hybridized carbons (Fsp3) is 0.188. The molecule has 0 aliphatic carbocycles. The van der Waals surface area contributed by atoms with Gasteiger partial charge in [-0.2, -0.15) is 0 Å². The Bertz CT molecular complexity index is 680. The Morgan fingerprint density at radius 2 is 1.85 bits per heavy atom. The van der Waals surface area contributed by atoms with Crippen molar-refractivity contribution in [2.24, 2.45) is 0 Å². The van der Waals surface area contributed by atoms with Crippen LogP contribution in [0.25, 0.3) is 0 Å². The average Bonchev–Trinajstić information content (AvgIpc) is 2.37. The summed E-state index contributed by atoms with van der Waals surface area (Å²) in [4.78, 5) is 11.6. The van der Waals surface area contributed by atoms with Gasteiger partial charge in [-0.3, -0.25) is 4.79 Å². The first-order valence-corrected chi connectivity index (χ1v) is 6.51. The van der Waals surface area contributed by atoms with Gasteiger partial charge in [-0.05, 0) is 56.2 Å². The van der Waals surface area contributed by atoms with Crippen molar-refractivity contribution in [3.05, 3.63) is 57.9 Å². The summed E-state index contributed by atoms with van der Waals surface area (Å²) in [7, 11) is 0. The maximum Gasteiger partial charge on any atom is 0.163 e. The number of benzene rings is 2. The molecule has 2 aromatic rings. The van der Waals surface area contributed by atoms with Gasteiger partial charge >= 0.3 is 0 Å².